The van der Waals surface area contributed by atoms with Crippen LogP contribution in [0.4, 0.5) is 5.82 Å². The summed E-state index contributed by atoms with van der Waals surface area (Å²) in [5.74, 6) is 0.694. The summed E-state index contributed by atoms with van der Waals surface area (Å²) in [4.78, 5) is 15.0. The van der Waals surface area contributed by atoms with E-state index in [-0.39, 0.29) is 10.6 Å². The van der Waals surface area contributed by atoms with E-state index in [9.17, 15) is 4.79 Å². The fraction of sp³-hybridized carbons (Fsp3) is 0.455. The number of hydrogen-bond donors (Lipinski definition) is 1. The number of nitrogens with zero attached hydrogens (tertiary/aromatic N) is 2. The molecule has 1 aliphatic rings. The Hall–Kier alpha value is -0.940. The predicted molar refractivity (Wildman–Crippen MR) is 72.0 cm³/mol. The number of aromatic carboxylic acids is 1. The molecule has 0 aromatic carbocycles. The molecule has 0 radical (unpaired) electrons. The number of halogens is 1. The Balaban J connectivity index is 0.000000686. The molecule has 2 heterocycles. The van der Waals surface area contributed by atoms with Crippen LogP contribution in [0.3, 0.4) is 0 Å². The third kappa shape index (κ3) is 3.51. The van der Waals surface area contributed by atoms with Gasteiger partial charge in [0.2, 0.25) is 0 Å². The second-order valence-electron chi connectivity index (χ2n) is 3.12. The monoisotopic (exact) mass is 274 g/mol. The van der Waals surface area contributed by atoms with Gasteiger partial charge in [0.1, 0.15) is 5.82 Å². The molecule has 17 heavy (non-hydrogen) atoms. The van der Waals surface area contributed by atoms with Crippen molar-refractivity contribution in [3.63, 3.8) is 0 Å². The molecule has 0 atom stereocenters. The Morgan fingerprint density at radius 1 is 1.59 bits per heavy atom. The van der Waals surface area contributed by atoms with Crippen molar-refractivity contribution in [1.29, 1.82) is 0 Å². The first-order valence-corrected chi connectivity index (χ1v) is 6.80. The molecule has 0 bridgehead atoms. The van der Waals surface area contributed by atoms with Crippen molar-refractivity contribution >= 4 is 35.3 Å². The highest BCUT2D eigenvalue weighted by Gasteiger charge is 2.17. The molecule has 1 aromatic rings. The lowest BCUT2D eigenvalue weighted by atomic mass is 10.2. The maximum atomic E-state index is 10.9. The Kier molecular flexibility index (Phi) is 5.58. The molecule has 1 N–H and O–H groups in total. The Labute approximate surface area is 110 Å². The highest BCUT2D eigenvalue weighted by Crippen LogP contribution is 2.28. The topological polar surface area (TPSA) is 53.4 Å². The maximum absolute atomic E-state index is 10.9. The molecular formula is C11H15ClN2O2S. The van der Waals surface area contributed by atoms with Gasteiger partial charge >= 0.3 is 5.97 Å². The van der Waals surface area contributed by atoms with Crippen molar-refractivity contribution in [3.8, 4) is 0 Å². The standard InChI is InChI=1S/C9H9ClN2O2S.C2H6/c10-7-5-11-8(4-6(7)9(13)14)12-2-1-3-15-12;1-2/h4-5H,1-3H2,(H,13,14);1-2H3. The number of pyridine rings is 1. The van der Waals surface area contributed by atoms with E-state index in [0.717, 1.165) is 18.7 Å². The molecule has 0 spiro atoms. The van der Waals surface area contributed by atoms with Gasteiger partial charge in [0.25, 0.3) is 0 Å². The van der Waals surface area contributed by atoms with E-state index in [4.69, 9.17) is 16.7 Å². The number of anilines is 1. The number of aromatic nitrogens is 1. The largest absolute Gasteiger partial charge is 0.478 e. The van der Waals surface area contributed by atoms with Crippen LogP contribution in [-0.4, -0.2) is 28.4 Å². The van der Waals surface area contributed by atoms with Gasteiger partial charge in [0.05, 0.1) is 10.6 Å². The molecule has 0 amide bonds. The fourth-order valence-electron chi connectivity index (χ4n) is 1.36. The van der Waals surface area contributed by atoms with Crippen LogP contribution in [-0.2, 0) is 0 Å². The summed E-state index contributed by atoms with van der Waals surface area (Å²) in [5.41, 5.74) is 0.106. The van der Waals surface area contributed by atoms with Gasteiger partial charge in [-0.05, 0) is 24.4 Å². The van der Waals surface area contributed by atoms with E-state index in [0.29, 0.717) is 5.82 Å². The second kappa shape index (κ2) is 6.71. The highest BCUT2D eigenvalue weighted by molar-refractivity contribution is 8.00. The third-order valence-electron chi connectivity index (χ3n) is 2.08. The third-order valence-corrected chi connectivity index (χ3v) is 3.53. The van der Waals surface area contributed by atoms with Crippen LogP contribution in [0.2, 0.25) is 5.02 Å². The summed E-state index contributed by atoms with van der Waals surface area (Å²) in [7, 11) is 0. The number of carbonyl (C=O) groups is 1. The maximum Gasteiger partial charge on any atom is 0.337 e. The number of carboxylic acids is 1. The molecule has 1 aromatic heterocycles. The average Bonchev–Trinajstić information content (AvgIpc) is 2.85. The van der Waals surface area contributed by atoms with Gasteiger partial charge < -0.3 is 9.41 Å². The van der Waals surface area contributed by atoms with E-state index in [1.54, 1.807) is 11.9 Å². The number of hydrogen-bond acceptors (Lipinski definition) is 4. The Morgan fingerprint density at radius 3 is 2.82 bits per heavy atom. The molecular weight excluding hydrogens is 260 g/mol. The summed E-state index contributed by atoms with van der Waals surface area (Å²) in [6.07, 6.45) is 2.48. The Morgan fingerprint density at radius 2 is 2.29 bits per heavy atom. The Bertz CT molecular complexity index is 395. The van der Waals surface area contributed by atoms with Gasteiger partial charge in [-0.25, -0.2) is 9.78 Å². The first-order chi connectivity index (χ1) is 8.18. The van der Waals surface area contributed by atoms with Crippen LogP contribution in [0.15, 0.2) is 12.3 Å². The first-order valence-electron chi connectivity index (χ1n) is 5.48. The molecule has 0 aliphatic carbocycles. The lowest BCUT2D eigenvalue weighted by Gasteiger charge is -2.14. The fourth-order valence-corrected chi connectivity index (χ4v) is 2.51. The van der Waals surface area contributed by atoms with E-state index >= 15 is 0 Å². The van der Waals surface area contributed by atoms with Crippen molar-refractivity contribution in [2.45, 2.75) is 20.3 Å². The van der Waals surface area contributed by atoms with Gasteiger partial charge in [0, 0.05) is 18.5 Å². The molecule has 1 fully saturated rings. The number of rotatable bonds is 2. The van der Waals surface area contributed by atoms with Crippen LogP contribution < -0.4 is 4.31 Å². The lowest BCUT2D eigenvalue weighted by molar-refractivity contribution is 0.0697. The SMILES string of the molecule is CC.O=C(O)c1cc(N2CCCS2)ncc1Cl. The zero-order valence-corrected chi connectivity index (χ0v) is 11.4. The molecule has 1 aliphatic heterocycles. The van der Waals surface area contributed by atoms with E-state index in [1.165, 1.54) is 12.3 Å². The molecule has 0 unspecified atom stereocenters. The van der Waals surface area contributed by atoms with Gasteiger partial charge in [0.15, 0.2) is 0 Å². The lowest BCUT2D eigenvalue weighted by Crippen LogP contribution is -2.12. The minimum absolute atomic E-state index is 0.106. The molecule has 6 heteroatoms. The zero-order valence-electron chi connectivity index (χ0n) is 9.81. The minimum Gasteiger partial charge on any atom is -0.478 e. The molecule has 2 rings (SSSR count). The van der Waals surface area contributed by atoms with E-state index in [2.05, 4.69) is 4.98 Å². The van der Waals surface area contributed by atoms with Gasteiger partial charge in [-0.2, -0.15) is 0 Å². The van der Waals surface area contributed by atoms with E-state index in [1.807, 2.05) is 18.2 Å². The van der Waals surface area contributed by atoms with E-state index < -0.39 is 5.97 Å². The summed E-state index contributed by atoms with van der Waals surface area (Å²) < 4.78 is 1.99. The number of carboxylic acid groups (broad SMARTS) is 1. The van der Waals surface area contributed by atoms with Crippen molar-refractivity contribution in [3.05, 3.63) is 22.8 Å². The van der Waals surface area contributed by atoms with Gasteiger partial charge in [-0.1, -0.05) is 25.4 Å². The average molecular weight is 275 g/mol. The van der Waals surface area contributed by atoms with Crippen LogP contribution in [0.1, 0.15) is 30.6 Å². The molecule has 94 valence electrons. The van der Waals surface area contributed by atoms with Crippen molar-refractivity contribution < 1.29 is 9.90 Å². The minimum atomic E-state index is -1.02. The highest BCUT2D eigenvalue weighted by atomic mass is 35.5. The zero-order chi connectivity index (χ0) is 12.8. The quantitative estimate of drug-likeness (QED) is 0.839. The summed E-state index contributed by atoms with van der Waals surface area (Å²) >= 11 is 7.39. The second-order valence-corrected chi connectivity index (χ2v) is 4.63. The van der Waals surface area contributed by atoms with Gasteiger partial charge in [-0.15, -0.1) is 0 Å². The molecule has 4 nitrogen and oxygen atoms in total. The molecule has 0 saturated carbocycles. The predicted octanol–water partition coefficient (Wildman–Crippen LogP) is 3.32. The van der Waals surface area contributed by atoms with Crippen LogP contribution in [0.25, 0.3) is 0 Å². The van der Waals surface area contributed by atoms with Crippen LogP contribution in [0.5, 0.6) is 0 Å². The summed E-state index contributed by atoms with van der Waals surface area (Å²) in [6, 6.07) is 1.52. The normalized spacial score (nSPS) is 14.2. The first kappa shape index (κ1) is 14.1. The summed E-state index contributed by atoms with van der Waals surface area (Å²) in [6.45, 7) is 4.90. The van der Waals surface area contributed by atoms with Crippen molar-refractivity contribution in [1.82, 2.24) is 4.98 Å². The van der Waals surface area contributed by atoms with Gasteiger partial charge in [-0.3, -0.25) is 0 Å². The van der Waals surface area contributed by atoms with Crippen molar-refractivity contribution in [2.24, 2.45) is 0 Å². The molecule has 1 saturated heterocycles. The van der Waals surface area contributed by atoms with Crippen molar-refractivity contribution in [2.75, 3.05) is 16.6 Å². The van der Waals surface area contributed by atoms with Crippen LogP contribution in [0, 0.1) is 0 Å². The van der Waals surface area contributed by atoms with Crippen LogP contribution >= 0.6 is 23.5 Å². The summed E-state index contributed by atoms with van der Waals surface area (Å²) in [5, 5.41) is 9.07. The smallest absolute Gasteiger partial charge is 0.337 e.